The largest absolute Gasteiger partial charge is 0.433 e. The van der Waals surface area contributed by atoms with Crippen LogP contribution in [0.1, 0.15) is 44.7 Å². The van der Waals surface area contributed by atoms with Gasteiger partial charge in [0.1, 0.15) is 5.69 Å². The lowest BCUT2D eigenvalue weighted by Gasteiger charge is -2.33. The van der Waals surface area contributed by atoms with Gasteiger partial charge in [0.25, 0.3) is 0 Å². The fourth-order valence-corrected chi connectivity index (χ4v) is 2.48. The molecule has 0 aromatic carbocycles. The highest BCUT2D eigenvalue weighted by molar-refractivity contribution is 5.26. The van der Waals surface area contributed by atoms with E-state index in [1.54, 1.807) is 0 Å². The molecule has 1 aliphatic carbocycles. The van der Waals surface area contributed by atoms with E-state index in [2.05, 4.69) is 22.2 Å². The zero-order valence-electron chi connectivity index (χ0n) is 10.9. The van der Waals surface area contributed by atoms with Gasteiger partial charge in [0.15, 0.2) is 0 Å². The average Bonchev–Trinajstić information content (AvgIpc) is 2.37. The van der Waals surface area contributed by atoms with Crippen LogP contribution in [0, 0.1) is 5.41 Å². The van der Waals surface area contributed by atoms with E-state index in [0.717, 1.165) is 25.1 Å². The van der Waals surface area contributed by atoms with Crippen molar-refractivity contribution in [3.63, 3.8) is 0 Å². The molecule has 0 spiro atoms. The summed E-state index contributed by atoms with van der Waals surface area (Å²) in [5.41, 5.74) is -0.769. The number of rotatable bonds is 3. The summed E-state index contributed by atoms with van der Waals surface area (Å²) in [5.74, 6) is 0.0571. The van der Waals surface area contributed by atoms with Crippen molar-refractivity contribution in [1.82, 2.24) is 9.97 Å². The standard InChI is InChI=1S/C13H18F3N3/c1-12(6-3-2-4-7-12)9-18-11-17-8-5-10(19-11)13(14,15)16/h5,8H,2-4,6-7,9H2,1H3,(H,17,18,19). The Bertz CT molecular complexity index is 425. The Morgan fingerprint density at radius 1 is 1.26 bits per heavy atom. The highest BCUT2D eigenvalue weighted by Gasteiger charge is 2.33. The number of nitrogens with one attached hydrogen (secondary N) is 1. The van der Waals surface area contributed by atoms with Gasteiger partial charge in [-0.25, -0.2) is 9.97 Å². The molecule has 1 N–H and O–H groups in total. The maximum absolute atomic E-state index is 12.5. The van der Waals surface area contributed by atoms with Crippen molar-refractivity contribution in [2.45, 2.75) is 45.2 Å². The molecule has 0 radical (unpaired) electrons. The number of alkyl halides is 3. The Hall–Kier alpha value is -1.33. The molecule has 106 valence electrons. The molecule has 3 nitrogen and oxygen atoms in total. The van der Waals surface area contributed by atoms with E-state index < -0.39 is 11.9 Å². The smallest absolute Gasteiger partial charge is 0.354 e. The molecule has 19 heavy (non-hydrogen) atoms. The molecule has 1 aromatic rings. The van der Waals surface area contributed by atoms with Gasteiger partial charge in [-0.15, -0.1) is 0 Å². The molecular weight excluding hydrogens is 255 g/mol. The molecule has 0 aliphatic heterocycles. The van der Waals surface area contributed by atoms with E-state index in [4.69, 9.17) is 0 Å². The molecule has 1 heterocycles. The van der Waals surface area contributed by atoms with Gasteiger partial charge in [0, 0.05) is 12.7 Å². The zero-order valence-corrected chi connectivity index (χ0v) is 10.9. The van der Waals surface area contributed by atoms with E-state index in [-0.39, 0.29) is 11.4 Å². The van der Waals surface area contributed by atoms with Crippen molar-refractivity contribution in [2.24, 2.45) is 5.41 Å². The Balaban J connectivity index is 1.99. The van der Waals surface area contributed by atoms with Crippen molar-refractivity contribution < 1.29 is 13.2 Å². The molecule has 0 bridgehead atoms. The van der Waals surface area contributed by atoms with Crippen LogP contribution in [0.25, 0.3) is 0 Å². The first-order valence-corrected chi connectivity index (χ1v) is 6.53. The molecular formula is C13H18F3N3. The van der Waals surface area contributed by atoms with Gasteiger partial charge >= 0.3 is 6.18 Å². The van der Waals surface area contributed by atoms with Crippen molar-refractivity contribution in [3.8, 4) is 0 Å². The minimum atomic E-state index is -4.42. The van der Waals surface area contributed by atoms with E-state index in [9.17, 15) is 13.2 Å². The molecule has 0 unspecified atom stereocenters. The number of hydrogen-bond acceptors (Lipinski definition) is 3. The highest BCUT2D eigenvalue weighted by Crippen LogP contribution is 2.35. The molecule has 2 rings (SSSR count). The number of aromatic nitrogens is 2. The maximum Gasteiger partial charge on any atom is 0.433 e. The topological polar surface area (TPSA) is 37.8 Å². The summed E-state index contributed by atoms with van der Waals surface area (Å²) in [6.07, 6.45) is 2.52. The van der Waals surface area contributed by atoms with Crippen LogP contribution in [0.2, 0.25) is 0 Å². The summed E-state index contributed by atoms with van der Waals surface area (Å²) in [7, 11) is 0. The summed E-state index contributed by atoms with van der Waals surface area (Å²) in [4.78, 5) is 7.36. The van der Waals surface area contributed by atoms with Gasteiger partial charge in [0.05, 0.1) is 0 Å². The second-order valence-corrected chi connectivity index (χ2v) is 5.49. The van der Waals surface area contributed by atoms with Crippen LogP contribution >= 0.6 is 0 Å². The molecule has 0 saturated heterocycles. The third-order valence-corrected chi connectivity index (χ3v) is 3.68. The summed E-state index contributed by atoms with van der Waals surface area (Å²) in [5, 5.41) is 2.95. The first kappa shape index (κ1) is 14.1. The van der Waals surface area contributed by atoms with Crippen LogP contribution in [0.15, 0.2) is 12.3 Å². The molecule has 6 heteroatoms. The van der Waals surface area contributed by atoms with Crippen molar-refractivity contribution in [1.29, 1.82) is 0 Å². The number of hydrogen-bond donors (Lipinski definition) is 1. The van der Waals surface area contributed by atoms with Crippen LogP contribution < -0.4 is 5.32 Å². The Morgan fingerprint density at radius 3 is 2.58 bits per heavy atom. The monoisotopic (exact) mass is 273 g/mol. The third-order valence-electron chi connectivity index (χ3n) is 3.68. The quantitative estimate of drug-likeness (QED) is 0.908. The van der Waals surface area contributed by atoms with Crippen molar-refractivity contribution in [2.75, 3.05) is 11.9 Å². The van der Waals surface area contributed by atoms with Gasteiger partial charge in [-0.1, -0.05) is 26.2 Å². The van der Waals surface area contributed by atoms with Crippen LogP contribution in [-0.2, 0) is 6.18 Å². The summed E-state index contributed by atoms with van der Waals surface area (Å²) < 4.78 is 37.6. The third kappa shape index (κ3) is 3.81. The Morgan fingerprint density at radius 2 is 1.95 bits per heavy atom. The van der Waals surface area contributed by atoms with Crippen molar-refractivity contribution >= 4 is 5.95 Å². The maximum atomic E-state index is 12.5. The van der Waals surface area contributed by atoms with Crippen molar-refractivity contribution in [3.05, 3.63) is 18.0 Å². The van der Waals surface area contributed by atoms with E-state index in [1.165, 1.54) is 19.3 Å². The fraction of sp³-hybridized carbons (Fsp3) is 0.692. The zero-order chi connectivity index (χ0) is 13.9. The number of nitrogens with zero attached hydrogens (tertiary/aromatic N) is 2. The normalized spacial score (nSPS) is 19.2. The van der Waals surface area contributed by atoms with Crippen LogP contribution in [0.4, 0.5) is 19.1 Å². The summed E-state index contributed by atoms with van der Waals surface area (Å²) >= 11 is 0. The molecule has 1 aliphatic rings. The molecule has 1 fully saturated rings. The lowest BCUT2D eigenvalue weighted by atomic mass is 9.76. The molecule has 1 saturated carbocycles. The SMILES string of the molecule is CC1(CNc2nccc(C(F)(F)F)n2)CCCCC1. The van der Waals surface area contributed by atoms with E-state index in [0.29, 0.717) is 6.54 Å². The molecule has 0 amide bonds. The van der Waals surface area contributed by atoms with Crippen LogP contribution in [-0.4, -0.2) is 16.5 Å². The molecule has 1 aromatic heterocycles. The average molecular weight is 273 g/mol. The second kappa shape index (κ2) is 5.35. The van der Waals surface area contributed by atoms with Gasteiger partial charge < -0.3 is 5.32 Å². The lowest BCUT2D eigenvalue weighted by molar-refractivity contribution is -0.141. The Kier molecular flexibility index (Phi) is 3.96. The lowest BCUT2D eigenvalue weighted by Crippen LogP contribution is -2.29. The van der Waals surface area contributed by atoms with Crippen LogP contribution in [0.3, 0.4) is 0 Å². The van der Waals surface area contributed by atoms with Gasteiger partial charge in [-0.3, -0.25) is 0 Å². The predicted octanol–water partition coefficient (Wildman–Crippen LogP) is 3.88. The summed E-state index contributed by atoms with van der Waals surface area (Å²) in [6.45, 7) is 2.78. The minimum Gasteiger partial charge on any atom is -0.354 e. The first-order valence-electron chi connectivity index (χ1n) is 6.53. The number of anilines is 1. The Labute approximate surface area is 110 Å². The van der Waals surface area contributed by atoms with E-state index in [1.807, 2.05) is 0 Å². The number of halogens is 3. The van der Waals surface area contributed by atoms with Crippen LogP contribution in [0.5, 0.6) is 0 Å². The van der Waals surface area contributed by atoms with E-state index >= 15 is 0 Å². The first-order chi connectivity index (χ1) is 8.89. The fourth-order valence-electron chi connectivity index (χ4n) is 2.48. The van der Waals surface area contributed by atoms with Gasteiger partial charge in [0.2, 0.25) is 5.95 Å². The minimum absolute atomic E-state index is 0.0571. The highest BCUT2D eigenvalue weighted by atomic mass is 19.4. The molecule has 0 atom stereocenters. The van der Waals surface area contributed by atoms with Gasteiger partial charge in [-0.05, 0) is 24.3 Å². The summed E-state index contributed by atoms with van der Waals surface area (Å²) in [6, 6.07) is 0.882. The second-order valence-electron chi connectivity index (χ2n) is 5.49. The predicted molar refractivity (Wildman–Crippen MR) is 66.7 cm³/mol. The van der Waals surface area contributed by atoms with Gasteiger partial charge in [-0.2, -0.15) is 13.2 Å².